The standard InChI is InChI=1S/C42H41BrN6O5/c43-31-5-4-6-32-36(31)38(52)45-41-42(15-2-1-3-16-42)30-10-7-26(19-34(30)48(32)41)25-13-17-46(18-14-25)21-24-22-47(23-24)27-8-9-28-29(20-27)40(54)49(39(28)53)33-11-12-35(50)44-37(33)51/h4-10,19-20,24-25,33H,1-3,11-18,21-23H2,(H,44,50,51). The molecule has 4 aromatic rings. The van der Waals surface area contributed by atoms with E-state index in [2.05, 4.69) is 59.9 Å². The first-order chi connectivity index (χ1) is 26.2. The maximum Gasteiger partial charge on any atom is 0.281 e. The molecule has 4 amide bonds. The lowest BCUT2D eigenvalue weighted by molar-refractivity contribution is -0.136. The quantitative estimate of drug-likeness (QED) is 0.266. The summed E-state index contributed by atoms with van der Waals surface area (Å²) in [6, 6.07) is 17.5. The number of halogens is 1. The van der Waals surface area contributed by atoms with E-state index in [1.54, 1.807) is 12.1 Å². The number of imide groups is 2. The molecule has 12 heteroatoms. The molecule has 1 aromatic heterocycles. The highest BCUT2D eigenvalue weighted by molar-refractivity contribution is 9.10. The predicted molar refractivity (Wildman–Crippen MR) is 206 cm³/mol. The van der Waals surface area contributed by atoms with Gasteiger partial charge in [-0.3, -0.25) is 38.8 Å². The number of piperidine rings is 2. The van der Waals surface area contributed by atoms with Gasteiger partial charge < -0.3 is 9.80 Å². The van der Waals surface area contributed by atoms with Crippen molar-refractivity contribution in [3.63, 3.8) is 0 Å². The third-order valence-electron chi connectivity index (χ3n) is 13.1. The van der Waals surface area contributed by atoms with Crippen LogP contribution >= 0.6 is 15.9 Å². The second kappa shape index (κ2) is 12.7. The summed E-state index contributed by atoms with van der Waals surface area (Å²) >= 11 is 3.64. The summed E-state index contributed by atoms with van der Waals surface area (Å²) in [6.45, 7) is 4.85. The number of carbonyl (C=O) groups excluding carboxylic acids is 4. The molecule has 1 atom stereocenters. The average molecular weight is 790 g/mol. The molecule has 0 radical (unpaired) electrons. The molecule has 276 valence electrons. The van der Waals surface area contributed by atoms with Crippen LogP contribution in [0.15, 0.2) is 63.9 Å². The van der Waals surface area contributed by atoms with Crippen LogP contribution in [0, 0.1) is 5.92 Å². The van der Waals surface area contributed by atoms with E-state index in [9.17, 15) is 24.0 Å². The number of nitrogens with zero attached hydrogens (tertiary/aromatic N) is 5. The van der Waals surface area contributed by atoms with Crippen molar-refractivity contribution in [3.8, 4) is 5.69 Å². The fourth-order valence-electron chi connectivity index (χ4n) is 10.3. The average Bonchev–Trinajstić information content (AvgIpc) is 3.56. The van der Waals surface area contributed by atoms with Gasteiger partial charge in [0.1, 0.15) is 11.9 Å². The van der Waals surface area contributed by atoms with Crippen molar-refractivity contribution >= 4 is 56.1 Å². The lowest BCUT2D eigenvalue weighted by Gasteiger charge is -2.44. The lowest BCUT2D eigenvalue weighted by Crippen LogP contribution is -2.54. The SMILES string of the molecule is O=C1CCC(N2C(=O)c3ccc(N4CC(CN5CCC(c6ccc7c(c6)-n6c(nc(=O)c8c(Br)cccc86)C76CCCCC6)CC5)C4)cc3C2=O)C(=O)N1. The van der Waals surface area contributed by atoms with Crippen molar-refractivity contribution in [3.05, 3.63) is 97.5 Å². The van der Waals surface area contributed by atoms with Gasteiger partial charge in [-0.25, -0.2) is 0 Å². The Morgan fingerprint density at radius 3 is 2.41 bits per heavy atom. The molecule has 3 saturated heterocycles. The fourth-order valence-corrected chi connectivity index (χ4v) is 10.8. The molecule has 1 saturated carbocycles. The van der Waals surface area contributed by atoms with E-state index in [0.717, 1.165) is 97.6 Å². The predicted octanol–water partition coefficient (Wildman–Crippen LogP) is 5.43. The van der Waals surface area contributed by atoms with Gasteiger partial charge in [0.25, 0.3) is 17.4 Å². The zero-order valence-corrected chi connectivity index (χ0v) is 31.6. The summed E-state index contributed by atoms with van der Waals surface area (Å²) in [5.41, 5.74) is 5.99. The first-order valence-electron chi connectivity index (χ1n) is 19.4. The smallest absolute Gasteiger partial charge is 0.281 e. The lowest BCUT2D eigenvalue weighted by atomic mass is 9.69. The minimum atomic E-state index is -0.962. The number of fused-ring (bicyclic) bond motifs is 8. The molecule has 6 aliphatic rings. The third kappa shape index (κ3) is 5.16. The number of nitrogens with one attached hydrogen (secondary N) is 1. The monoisotopic (exact) mass is 788 g/mol. The van der Waals surface area contributed by atoms with Crippen molar-refractivity contribution in [2.24, 2.45) is 5.92 Å². The van der Waals surface area contributed by atoms with E-state index < -0.39 is 23.8 Å². The van der Waals surface area contributed by atoms with E-state index in [-0.39, 0.29) is 29.7 Å². The van der Waals surface area contributed by atoms with Gasteiger partial charge >= 0.3 is 0 Å². The van der Waals surface area contributed by atoms with E-state index in [0.29, 0.717) is 28.3 Å². The molecule has 0 bridgehead atoms. The van der Waals surface area contributed by atoms with E-state index >= 15 is 0 Å². The van der Waals surface area contributed by atoms with E-state index in [4.69, 9.17) is 4.98 Å². The van der Waals surface area contributed by atoms with Gasteiger partial charge in [0.05, 0.1) is 33.1 Å². The topological polar surface area (TPSA) is 125 Å². The summed E-state index contributed by atoms with van der Waals surface area (Å²) < 4.78 is 3.08. The normalized spacial score (nSPS) is 22.8. The number of benzene rings is 3. The molecule has 5 aliphatic heterocycles. The van der Waals surface area contributed by atoms with Crippen LogP contribution in [-0.2, 0) is 15.0 Å². The van der Waals surface area contributed by atoms with Crippen molar-refractivity contribution in [2.75, 3.05) is 37.6 Å². The van der Waals surface area contributed by atoms with Crippen LogP contribution in [0.4, 0.5) is 5.69 Å². The second-order valence-corrected chi connectivity index (χ2v) is 17.0. The largest absolute Gasteiger partial charge is 0.371 e. The first-order valence-corrected chi connectivity index (χ1v) is 20.2. The number of carbonyl (C=O) groups is 4. The number of rotatable bonds is 5. The Morgan fingerprint density at radius 1 is 0.852 bits per heavy atom. The Bertz CT molecular complexity index is 2350. The fraction of sp³-hybridized carbons (Fsp3) is 0.429. The van der Waals surface area contributed by atoms with Crippen molar-refractivity contribution in [1.29, 1.82) is 0 Å². The maximum atomic E-state index is 13.4. The van der Waals surface area contributed by atoms with Crippen molar-refractivity contribution in [2.45, 2.75) is 75.2 Å². The molecule has 1 unspecified atom stereocenters. The van der Waals surface area contributed by atoms with Crippen LogP contribution in [0.3, 0.4) is 0 Å². The summed E-state index contributed by atoms with van der Waals surface area (Å²) in [7, 11) is 0. The Hall–Kier alpha value is -4.68. The molecule has 54 heavy (non-hydrogen) atoms. The minimum absolute atomic E-state index is 0.101. The van der Waals surface area contributed by atoms with Crippen LogP contribution in [0.2, 0.25) is 0 Å². The molecule has 6 heterocycles. The summed E-state index contributed by atoms with van der Waals surface area (Å²) in [4.78, 5) is 74.6. The number of hydrogen-bond donors (Lipinski definition) is 1. The molecule has 1 spiro atoms. The Morgan fingerprint density at radius 2 is 1.63 bits per heavy atom. The van der Waals surface area contributed by atoms with Crippen LogP contribution < -0.4 is 15.8 Å². The highest BCUT2D eigenvalue weighted by Crippen LogP contribution is 2.52. The van der Waals surface area contributed by atoms with Gasteiger partial charge in [-0.05, 0) is 115 Å². The molecule has 1 aliphatic carbocycles. The van der Waals surface area contributed by atoms with Gasteiger partial charge in [0.2, 0.25) is 11.8 Å². The zero-order chi connectivity index (χ0) is 36.9. The molecular formula is C42H41BrN6O5. The Kier molecular flexibility index (Phi) is 7.96. The second-order valence-electron chi connectivity index (χ2n) is 16.2. The van der Waals surface area contributed by atoms with E-state index in [1.807, 2.05) is 18.2 Å². The number of anilines is 1. The van der Waals surface area contributed by atoms with Gasteiger partial charge in [-0.15, -0.1) is 0 Å². The molecule has 11 nitrogen and oxygen atoms in total. The molecule has 1 N–H and O–H groups in total. The van der Waals surface area contributed by atoms with Gasteiger partial charge in [0.15, 0.2) is 0 Å². The Labute approximate surface area is 320 Å². The van der Waals surface area contributed by atoms with E-state index in [1.165, 1.54) is 23.2 Å². The van der Waals surface area contributed by atoms with Crippen LogP contribution in [0.25, 0.3) is 16.6 Å². The number of aromatic nitrogens is 2. The number of amides is 4. The van der Waals surface area contributed by atoms with Crippen molar-refractivity contribution < 1.29 is 19.2 Å². The highest BCUT2D eigenvalue weighted by Gasteiger charge is 2.47. The first kappa shape index (κ1) is 33.9. The highest BCUT2D eigenvalue weighted by atomic mass is 79.9. The maximum absolute atomic E-state index is 13.4. The minimum Gasteiger partial charge on any atom is -0.371 e. The third-order valence-corrected chi connectivity index (χ3v) is 13.8. The van der Waals surface area contributed by atoms with Gasteiger partial charge in [0, 0.05) is 42.1 Å². The number of hydrogen-bond acceptors (Lipinski definition) is 8. The molecule has 10 rings (SSSR count). The van der Waals surface area contributed by atoms with Crippen LogP contribution in [-0.4, -0.2) is 81.7 Å². The van der Waals surface area contributed by atoms with Gasteiger partial charge in [-0.2, -0.15) is 4.98 Å². The van der Waals surface area contributed by atoms with Gasteiger partial charge in [-0.1, -0.05) is 37.5 Å². The molecule has 3 aromatic carbocycles. The van der Waals surface area contributed by atoms with Crippen LogP contribution in [0.1, 0.15) is 101 Å². The summed E-state index contributed by atoms with van der Waals surface area (Å²) in [5.74, 6) is -0.0332. The van der Waals surface area contributed by atoms with Crippen molar-refractivity contribution in [1.82, 2.24) is 24.7 Å². The molecule has 4 fully saturated rings. The summed E-state index contributed by atoms with van der Waals surface area (Å²) in [6.07, 6.45) is 7.98. The number of likely N-dealkylation sites (tertiary alicyclic amines) is 1. The molecular weight excluding hydrogens is 748 g/mol. The van der Waals surface area contributed by atoms with Crippen LogP contribution in [0.5, 0.6) is 0 Å². The zero-order valence-electron chi connectivity index (χ0n) is 30.0. The Balaban J connectivity index is 0.804. The summed E-state index contributed by atoms with van der Waals surface area (Å²) in [5, 5.41) is 2.90.